The summed E-state index contributed by atoms with van der Waals surface area (Å²) in [5.74, 6) is 0. The lowest BCUT2D eigenvalue weighted by molar-refractivity contribution is 0.251. The number of amides is 1. The topological polar surface area (TPSA) is 59.8 Å². The Morgan fingerprint density at radius 2 is 1.95 bits per heavy atom. The Kier molecular flexibility index (Phi) is 3.12. The zero-order valence-corrected chi connectivity index (χ0v) is 11.4. The first-order valence-corrected chi connectivity index (χ1v) is 6.40. The lowest BCUT2D eigenvalue weighted by atomic mass is 10.2. The number of aryl methyl sites for hydroxylation is 1. The number of fused-ring (bicyclic) bond motifs is 1. The van der Waals surface area contributed by atoms with E-state index < -0.39 is 0 Å². The van der Waals surface area contributed by atoms with E-state index in [1.165, 1.54) is 4.68 Å². The van der Waals surface area contributed by atoms with Gasteiger partial charge in [0.1, 0.15) is 5.52 Å². The fourth-order valence-corrected chi connectivity index (χ4v) is 2.02. The van der Waals surface area contributed by atoms with Gasteiger partial charge in [-0.25, -0.2) is 4.79 Å². The van der Waals surface area contributed by atoms with Crippen LogP contribution < -0.4 is 5.32 Å². The number of hydrogen-bond donors (Lipinski definition) is 1. The lowest BCUT2D eigenvalue weighted by Crippen LogP contribution is -2.20. The summed E-state index contributed by atoms with van der Waals surface area (Å²) in [5, 5.41) is 11.2. The van der Waals surface area contributed by atoms with Crippen LogP contribution in [-0.2, 0) is 0 Å². The van der Waals surface area contributed by atoms with E-state index in [1.807, 2.05) is 25.1 Å². The van der Waals surface area contributed by atoms with E-state index in [4.69, 9.17) is 11.6 Å². The highest BCUT2D eigenvalue weighted by molar-refractivity contribution is 6.30. The molecule has 0 bridgehead atoms. The zero-order valence-electron chi connectivity index (χ0n) is 10.7. The van der Waals surface area contributed by atoms with Gasteiger partial charge in [0.2, 0.25) is 0 Å². The second kappa shape index (κ2) is 4.94. The van der Waals surface area contributed by atoms with Crippen molar-refractivity contribution in [3.05, 3.63) is 53.1 Å². The van der Waals surface area contributed by atoms with Gasteiger partial charge in [-0.1, -0.05) is 22.9 Å². The van der Waals surface area contributed by atoms with Gasteiger partial charge in [-0.2, -0.15) is 4.68 Å². The van der Waals surface area contributed by atoms with Crippen molar-refractivity contribution in [1.29, 1.82) is 0 Å². The Labute approximate surface area is 120 Å². The van der Waals surface area contributed by atoms with Crippen molar-refractivity contribution in [3.8, 4) is 0 Å². The van der Waals surface area contributed by atoms with Gasteiger partial charge in [0.25, 0.3) is 0 Å². The first-order chi connectivity index (χ1) is 9.63. The quantitative estimate of drug-likeness (QED) is 0.745. The maximum absolute atomic E-state index is 12.2. The fraction of sp³-hybridized carbons (Fsp3) is 0.0714. The van der Waals surface area contributed by atoms with Gasteiger partial charge in [-0.05, 0) is 48.9 Å². The summed E-state index contributed by atoms with van der Waals surface area (Å²) < 4.78 is 1.24. The van der Waals surface area contributed by atoms with Gasteiger partial charge in [-0.15, -0.1) is 5.10 Å². The van der Waals surface area contributed by atoms with Crippen LogP contribution in [0.2, 0.25) is 5.02 Å². The Hall–Kier alpha value is -2.40. The monoisotopic (exact) mass is 286 g/mol. The normalized spacial score (nSPS) is 10.7. The number of hydrogen-bond acceptors (Lipinski definition) is 3. The van der Waals surface area contributed by atoms with Gasteiger partial charge in [0, 0.05) is 10.7 Å². The Balaban J connectivity index is 1.91. The Morgan fingerprint density at radius 1 is 1.20 bits per heavy atom. The highest BCUT2D eigenvalue weighted by atomic mass is 35.5. The molecule has 0 aliphatic heterocycles. The van der Waals surface area contributed by atoms with E-state index in [0.717, 1.165) is 5.56 Å². The average molecular weight is 287 g/mol. The highest BCUT2D eigenvalue weighted by Gasteiger charge is 2.11. The van der Waals surface area contributed by atoms with Crippen LogP contribution in [0.1, 0.15) is 5.56 Å². The maximum atomic E-state index is 12.2. The summed E-state index contributed by atoms with van der Waals surface area (Å²) in [6.45, 7) is 1.96. The predicted octanol–water partition coefficient (Wildman–Crippen LogP) is 3.47. The molecule has 0 aliphatic carbocycles. The Bertz CT molecular complexity index is 779. The van der Waals surface area contributed by atoms with Crippen molar-refractivity contribution in [2.24, 2.45) is 0 Å². The summed E-state index contributed by atoms with van der Waals surface area (Å²) in [6, 6.07) is 12.1. The molecule has 20 heavy (non-hydrogen) atoms. The minimum absolute atomic E-state index is 0.362. The average Bonchev–Trinajstić information content (AvgIpc) is 2.84. The Morgan fingerprint density at radius 3 is 2.70 bits per heavy atom. The van der Waals surface area contributed by atoms with Crippen molar-refractivity contribution in [2.75, 3.05) is 5.32 Å². The molecule has 0 radical (unpaired) electrons. The second-order valence-electron chi connectivity index (χ2n) is 4.43. The van der Waals surface area contributed by atoms with E-state index in [-0.39, 0.29) is 6.03 Å². The SMILES string of the molecule is Cc1ccc2c(c1)nnn2C(=O)Nc1ccc(Cl)cc1. The van der Waals surface area contributed by atoms with Gasteiger partial charge < -0.3 is 5.32 Å². The zero-order chi connectivity index (χ0) is 14.1. The number of benzene rings is 2. The van der Waals surface area contributed by atoms with Crippen LogP contribution in [0.25, 0.3) is 11.0 Å². The van der Waals surface area contributed by atoms with E-state index in [2.05, 4.69) is 15.6 Å². The standard InChI is InChI=1S/C14H11ClN4O/c1-9-2-7-13-12(8-9)17-18-19(13)14(20)16-11-5-3-10(15)4-6-11/h2-8H,1H3,(H,16,20). The molecule has 0 saturated carbocycles. The second-order valence-corrected chi connectivity index (χ2v) is 4.87. The molecular formula is C14H11ClN4O. The summed E-state index contributed by atoms with van der Waals surface area (Å²) in [7, 11) is 0. The molecule has 1 aromatic heterocycles. The summed E-state index contributed by atoms with van der Waals surface area (Å²) >= 11 is 5.80. The molecule has 1 heterocycles. The third kappa shape index (κ3) is 2.35. The molecule has 1 amide bonds. The number of carbonyl (C=O) groups excluding carboxylic acids is 1. The molecule has 100 valence electrons. The van der Waals surface area contributed by atoms with Crippen LogP contribution in [0.3, 0.4) is 0 Å². The molecule has 5 nitrogen and oxygen atoms in total. The number of nitrogens with one attached hydrogen (secondary N) is 1. The van der Waals surface area contributed by atoms with Gasteiger partial charge >= 0.3 is 6.03 Å². The van der Waals surface area contributed by atoms with E-state index in [9.17, 15) is 4.79 Å². The minimum Gasteiger partial charge on any atom is -0.306 e. The fourth-order valence-electron chi connectivity index (χ4n) is 1.89. The van der Waals surface area contributed by atoms with Crippen LogP contribution in [0, 0.1) is 6.92 Å². The summed E-state index contributed by atoms with van der Waals surface area (Å²) in [6.07, 6.45) is 0. The number of carbonyl (C=O) groups is 1. The van der Waals surface area contributed by atoms with Crippen LogP contribution in [0.5, 0.6) is 0 Å². The van der Waals surface area contributed by atoms with Crippen LogP contribution in [0.4, 0.5) is 10.5 Å². The summed E-state index contributed by atoms with van der Waals surface area (Å²) in [4.78, 5) is 12.2. The number of anilines is 1. The molecule has 3 aromatic rings. The van der Waals surface area contributed by atoms with Gasteiger partial charge in [0.05, 0.1) is 5.52 Å². The maximum Gasteiger partial charge on any atom is 0.348 e. The molecule has 0 aliphatic rings. The van der Waals surface area contributed by atoms with Crippen molar-refractivity contribution in [1.82, 2.24) is 15.0 Å². The highest BCUT2D eigenvalue weighted by Crippen LogP contribution is 2.16. The molecule has 2 aromatic carbocycles. The first kappa shape index (κ1) is 12.6. The van der Waals surface area contributed by atoms with Crippen molar-refractivity contribution in [3.63, 3.8) is 0 Å². The number of rotatable bonds is 1. The molecule has 0 unspecified atom stereocenters. The number of halogens is 1. The molecule has 0 fully saturated rings. The van der Waals surface area contributed by atoms with Gasteiger partial charge in [-0.3, -0.25) is 0 Å². The molecule has 0 spiro atoms. The third-order valence-corrected chi connectivity index (χ3v) is 3.14. The van der Waals surface area contributed by atoms with E-state index in [1.54, 1.807) is 24.3 Å². The first-order valence-electron chi connectivity index (χ1n) is 6.02. The summed E-state index contributed by atoms with van der Waals surface area (Å²) in [5.41, 5.74) is 3.08. The third-order valence-electron chi connectivity index (χ3n) is 2.89. The molecule has 0 saturated heterocycles. The van der Waals surface area contributed by atoms with Crippen molar-refractivity contribution < 1.29 is 4.79 Å². The molecule has 1 N–H and O–H groups in total. The van der Waals surface area contributed by atoms with Gasteiger partial charge in [0.15, 0.2) is 0 Å². The molecule has 3 rings (SSSR count). The number of nitrogens with zero attached hydrogens (tertiary/aromatic N) is 3. The van der Waals surface area contributed by atoms with Crippen LogP contribution in [0.15, 0.2) is 42.5 Å². The smallest absolute Gasteiger partial charge is 0.306 e. The largest absolute Gasteiger partial charge is 0.348 e. The van der Waals surface area contributed by atoms with E-state index >= 15 is 0 Å². The predicted molar refractivity (Wildman–Crippen MR) is 78.1 cm³/mol. The van der Waals surface area contributed by atoms with E-state index in [0.29, 0.717) is 21.7 Å². The van der Waals surface area contributed by atoms with Crippen LogP contribution >= 0.6 is 11.6 Å². The molecule has 6 heteroatoms. The minimum atomic E-state index is -0.362. The molecular weight excluding hydrogens is 276 g/mol. The lowest BCUT2D eigenvalue weighted by Gasteiger charge is -2.05. The van der Waals surface area contributed by atoms with Crippen molar-refractivity contribution >= 4 is 34.4 Å². The van der Waals surface area contributed by atoms with Crippen molar-refractivity contribution in [2.45, 2.75) is 6.92 Å². The molecule has 0 atom stereocenters. The number of aromatic nitrogens is 3. The van der Waals surface area contributed by atoms with Crippen LogP contribution in [-0.4, -0.2) is 21.0 Å².